The highest BCUT2D eigenvalue weighted by atomic mass is 79.9. The van der Waals surface area contributed by atoms with Gasteiger partial charge in [0.15, 0.2) is 0 Å². The standard InChI is InChI=1S/C14H13BrFNOS/c1-19-14-4-2-3-13(12(14)8-17)18-11-6-9(15)5-10(16)7-11/h2-7H,8,17H2,1H3. The van der Waals surface area contributed by atoms with Gasteiger partial charge in [0, 0.05) is 27.5 Å². The van der Waals surface area contributed by atoms with E-state index in [1.807, 2.05) is 24.5 Å². The summed E-state index contributed by atoms with van der Waals surface area (Å²) in [4.78, 5) is 1.07. The molecule has 2 N–H and O–H groups in total. The highest BCUT2D eigenvalue weighted by Crippen LogP contribution is 2.32. The van der Waals surface area contributed by atoms with Crippen LogP contribution in [-0.4, -0.2) is 6.26 Å². The first-order valence-electron chi connectivity index (χ1n) is 5.64. The Kier molecular flexibility index (Phi) is 4.85. The lowest BCUT2D eigenvalue weighted by Crippen LogP contribution is -2.01. The summed E-state index contributed by atoms with van der Waals surface area (Å²) in [7, 11) is 0. The lowest BCUT2D eigenvalue weighted by atomic mass is 10.2. The minimum absolute atomic E-state index is 0.348. The minimum Gasteiger partial charge on any atom is -0.457 e. The SMILES string of the molecule is CSc1cccc(Oc2cc(F)cc(Br)c2)c1CN. The summed E-state index contributed by atoms with van der Waals surface area (Å²) in [6, 6.07) is 10.2. The second-order valence-corrected chi connectivity index (χ2v) is 5.61. The zero-order valence-corrected chi connectivity index (χ0v) is 12.7. The van der Waals surface area contributed by atoms with Crippen molar-refractivity contribution in [1.82, 2.24) is 0 Å². The van der Waals surface area contributed by atoms with Gasteiger partial charge in [-0.1, -0.05) is 22.0 Å². The van der Waals surface area contributed by atoms with Gasteiger partial charge in [-0.05, 0) is 30.5 Å². The Morgan fingerprint density at radius 3 is 2.74 bits per heavy atom. The number of nitrogens with two attached hydrogens (primary N) is 1. The molecule has 2 nitrogen and oxygen atoms in total. The zero-order valence-electron chi connectivity index (χ0n) is 10.3. The molecular formula is C14H13BrFNOS. The molecule has 0 aliphatic rings. The molecule has 0 aliphatic carbocycles. The highest BCUT2D eigenvalue weighted by molar-refractivity contribution is 9.10. The van der Waals surface area contributed by atoms with E-state index in [0.717, 1.165) is 10.5 Å². The van der Waals surface area contributed by atoms with E-state index in [1.54, 1.807) is 17.8 Å². The molecule has 0 spiro atoms. The van der Waals surface area contributed by atoms with Gasteiger partial charge in [0.05, 0.1) is 0 Å². The fraction of sp³-hybridized carbons (Fsp3) is 0.143. The van der Waals surface area contributed by atoms with Crippen molar-refractivity contribution in [2.75, 3.05) is 6.26 Å². The van der Waals surface area contributed by atoms with Gasteiger partial charge in [-0.15, -0.1) is 11.8 Å². The van der Waals surface area contributed by atoms with E-state index < -0.39 is 0 Å². The number of hydrogen-bond acceptors (Lipinski definition) is 3. The Labute approximate surface area is 124 Å². The monoisotopic (exact) mass is 341 g/mol. The Balaban J connectivity index is 2.37. The molecule has 0 radical (unpaired) electrons. The number of hydrogen-bond donors (Lipinski definition) is 1. The molecule has 0 amide bonds. The van der Waals surface area contributed by atoms with Gasteiger partial charge in [-0.25, -0.2) is 4.39 Å². The Hall–Kier alpha value is -1.04. The second-order valence-electron chi connectivity index (χ2n) is 3.85. The summed E-state index contributed by atoms with van der Waals surface area (Å²) in [6.07, 6.45) is 1.98. The van der Waals surface area contributed by atoms with Gasteiger partial charge >= 0.3 is 0 Å². The molecule has 0 atom stereocenters. The molecule has 0 aromatic heterocycles. The van der Waals surface area contributed by atoms with Crippen LogP contribution in [0.4, 0.5) is 4.39 Å². The summed E-state index contributed by atoms with van der Waals surface area (Å²) in [5.74, 6) is 0.756. The van der Waals surface area contributed by atoms with E-state index in [9.17, 15) is 4.39 Å². The van der Waals surface area contributed by atoms with E-state index in [1.165, 1.54) is 12.1 Å². The minimum atomic E-state index is -0.348. The fourth-order valence-electron chi connectivity index (χ4n) is 1.75. The van der Waals surface area contributed by atoms with Crippen molar-refractivity contribution in [2.45, 2.75) is 11.4 Å². The van der Waals surface area contributed by atoms with Crippen LogP contribution in [-0.2, 0) is 6.54 Å². The maximum absolute atomic E-state index is 13.3. The lowest BCUT2D eigenvalue weighted by Gasteiger charge is -2.13. The van der Waals surface area contributed by atoms with Crippen molar-refractivity contribution in [3.63, 3.8) is 0 Å². The first-order chi connectivity index (χ1) is 9.13. The van der Waals surface area contributed by atoms with Gasteiger partial charge in [-0.2, -0.15) is 0 Å². The van der Waals surface area contributed by atoms with Crippen LogP contribution in [0.5, 0.6) is 11.5 Å². The predicted octanol–water partition coefficient (Wildman–Crippen LogP) is 4.56. The first-order valence-corrected chi connectivity index (χ1v) is 7.65. The molecule has 2 aromatic rings. The molecule has 0 aliphatic heterocycles. The van der Waals surface area contributed by atoms with Crippen LogP contribution in [0.15, 0.2) is 45.8 Å². The first kappa shape index (κ1) is 14.4. The molecule has 5 heteroatoms. The third-order valence-corrected chi connectivity index (χ3v) is 3.86. The van der Waals surface area contributed by atoms with Crippen LogP contribution in [0.25, 0.3) is 0 Å². The van der Waals surface area contributed by atoms with Crippen molar-refractivity contribution in [3.8, 4) is 11.5 Å². The molecule has 2 aromatic carbocycles. The number of rotatable bonds is 4. The van der Waals surface area contributed by atoms with Crippen molar-refractivity contribution in [2.24, 2.45) is 5.73 Å². The predicted molar refractivity (Wildman–Crippen MR) is 80.3 cm³/mol. The summed E-state index contributed by atoms with van der Waals surface area (Å²) in [6.45, 7) is 0.378. The molecule has 0 fully saturated rings. The lowest BCUT2D eigenvalue weighted by molar-refractivity contribution is 0.468. The zero-order chi connectivity index (χ0) is 13.8. The molecule has 0 heterocycles. The Morgan fingerprint density at radius 2 is 2.11 bits per heavy atom. The number of thioether (sulfide) groups is 1. The van der Waals surface area contributed by atoms with Crippen LogP contribution >= 0.6 is 27.7 Å². The topological polar surface area (TPSA) is 35.2 Å². The van der Waals surface area contributed by atoms with Crippen LogP contribution in [0.2, 0.25) is 0 Å². The van der Waals surface area contributed by atoms with Crippen molar-refractivity contribution >= 4 is 27.7 Å². The number of halogens is 2. The molecule has 0 saturated heterocycles. The second kappa shape index (κ2) is 6.41. The molecule has 0 unspecified atom stereocenters. The van der Waals surface area contributed by atoms with Crippen molar-refractivity contribution in [3.05, 3.63) is 52.3 Å². The average molecular weight is 342 g/mol. The fourth-order valence-corrected chi connectivity index (χ4v) is 2.84. The largest absolute Gasteiger partial charge is 0.457 e. The van der Waals surface area contributed by atoms with E-state index in [-0.39, 0.29) is 5.82 Å². The van der Waals surface area contributed by atoms with E-state index in [0.29, 0.717) is 22.5 Å². The van der Waals surface area contributed by atoms with E-state index in [4.69, 9.17) is 10.5 Å². The van der Waals surface area contributed by atoms with E-state index in [2.05, 4.69) is 15.9 Å². The van der Waals surface area contributed by atoms with Crippen LogP contribution in [0.3, 0.4) is 0 Å². The molecule has 0 bridgehead atoms. The third-order valence-electron chi connectivity index (χ3n) is 2.58. The van der Waals surface area contributed by atoms with Gasteiger partial charge in [-0.3, -0.25) is 0 Å². The number of ether oxygens (including phenoxy) is 1. The number of benzene rings is 2. The van der Waals surface area contributed by atoms with Gasteiger partial charge < -0.3 is 10.5 Å². The Bertz CT molecular complexity index is 571. The molecular weight excluding hydrogens is 329 g/mol. The quantitative estimate of drug-likeness (QED) is 0.828. The van der Waals surface area contributed by atoms with Crippen molar-refractivity contribution in [1.29, 1.82) is 0 Å². The molecule has 19 heavy (non-hydrogen) atoms. The summed E-state index contributed by atoms with van der Waals surface area (Å²) in [5.41, 5.74) is 6.69. The highest BCUT2D eigenvalue weighted by Gasteiger charge is 2.09. The van der Waals surface area contributed by atoms with Gasteiger partial charge in [0.25, 0.3) is 0 Å². The summed E-state index contributed by atoms with van der Waals surface area (Å²) in [5, 5.41) is 0. The maximum Gasteiger partial charge on any atom is 0.133 e. The maximum atomic E-state index is 13.3. The third kappa shape index (κ3) is 3.49. The van der Waals surface area contributed by atoms with Crippen molar-refractivity contribution < 1.29 is 9.13 Å². The molecule has 0 saturated carbocycles. The van der Waals surface area contributed by atoms with Gasteiger partial charge in [0.1, 0.15) is 17.3 Å². The average Bonchev–Trinajstić information content (AvgIpc) is 2.37. The van der Waals surface area contributed by atoms with E-state index >= 15 is 0 Å². The smallest absolute Gasteiger partial charge is 0.133 e. The molecule has 2 rings (SSSR count). The van der Waals surface area contributed by atoms with Crippen LogP contribution < -0.4 is 10.5 Å². The summed E-state index contributed by atoms with van der Waals surface area (Å²) < 4.78 is 19.7. The summed E-state index contributed by atoms with van der Waals surface area (Å²) >= 11 is 4.85. The van der Waals surface area contributed by atoms with Crippen LogP contribution in [0.1, 0.15) is 5.56 Å². The normalized spacial score (nSPS) is 10.5. The van der Waals surface area contributed by atoms with Crippen LogP contribution in [0, 0.1) is 5.82 Å². The Morgan fingerprint density at radius 1 is 1.32 bits per heavy atom. The molecule has 100 valence electrons. The van der Waals surface area contributed by atoms with Gasteiger partial charge in [0.2, 0.25) is 0 Å².